The fourth-order valence-electron chi connectivity index (χ4n) is 1.18. The van der Waals surface area contributed by atoms with Crippen LogP contribution in [0.5, 0.6) is 0 Å². The molecule has 0 saturated heterocycles. The number of ether oxygens (including phenoxy) is 1. The van der Waals surface area contributed by atoms with Crippen molar-refractivity contribution in [2.75, 3.05) is 19.8 Å². The average molecular weight is 259 g/mol. The minimum absolute atomic E-state index is 0.0387. The SMILES string of the molecule is NCc1ccc(C(=O)NCCOCC(F)F)nc1. The maximum Gasteiger partial charge on any atom is 0.269 e. The summed E-state index contributed by atoms with van der Waals surface area (Å²) in [7, 11) is 0. The smallest absolute Gasteiger partial charge is 0.269 e. The molecule has 0 atom stereocenters. The highest BCUT2D eigenvalue weighted by molar-refractivity contribution is 5.92. The van der Waals surface area contributed by atoms with Gasteiger partial charge in [-0.2, -0.15) is 0 Å². The summed E-state index contributed by atoms with van der Waals surface area (Å²) >= 11 is 0. The molecule has 0 fully saturated rings. The predicted molar refractivity (Wildman–Crippen MR) is 61.3 cm³/mol. The lowest BCUT2D eigenvalue weighted by Gasteiger charge is -2.06. The number of carbonyl (C=O) groups is 1. The molecule has 0 aliphatic heterocycles. The lowest BCUT2D eigenvalue weighted by molar-refractivity contribution is 0.0188. The topological polar surface area (TPSA) is 77.2 Å². The summed E-state index contributed by atoms with van der Waals surface area (Å²) in [6.45, 7) is -0.0709. The molecule has 0 spiro atoms. The molecule has 1 aromatic rings. The van der Waals surface area contributed by atoms with Crippen LogP contribution in [0.1, 0.15) is 16.1 Å². The molecular formula is C11H15F2N3O2. The summed E-state index contributed by atoms with van der Waals surface area (Å²) in [5.41, 5.74) is 6.47. The van der Waals surface area contributed by atoms with Crippen molar-refractivity contribution >= 4 is 5.91 Å². The largest absolute Gasteiger partial charge is 0.374 e. The first-order valence-electron chi connectivity index (χ1n) is 5.42. The van der Waals surface area contributed by atoms with Crippen LogP contribution in [0.3, 0.4) is 0 Å². The standard InChI is InChI=1S/C11H15F2N3O2/c12-10(13)7-18-4-3-15-11(17)9-2-1-8(5-14)6-16-9/h1-2,6,10H,3-5,7,14H2,(H,15,17). The van der Waals surface area contributed by atoms with E-state index in [-0.39, 0.29) is 24.8 Å². The molecule has 1 heterocycles. The summed E-state index contributed by atoms with van der Waals surface area (Å²) in [5.74, 6) is -0.376. The number of pyridine rings is 1. The Morgan fingerprint density at radius 3 is 2.83 bits per heavy atom. The number of nitrogens with one attached hydrogen (secondary N) is 1. The van der Waals surface area contributed by atoms with Crippen molar-refractivity contribution in [1.82, 2.24) is 10.3 Å². The fraction of sp³-hybridized carbons (Fsp3) is 0.455. The van der Waals surface area contributed by atoms with Gasteiger partial charge in [0.1, 0.15) is 12.3 Å². The zero-order chi connectivity index (χ0) is 13.4. The predicted octanol–water partition coefficient (Wildman–Crippen LogP) is 0.552. The van der Waals surface area contributed by atoms with Crippen molar-refractivity contribution in [2.24, 2.45) is 5.73 Å². The number of hydrogen-bond donors (Lipinski definition) is 2. The number of halogens is 2. The second-order valence-corrected chi connectivity index (χ2v) is 3.48. The first-order valence-corrected chi connectivity index (χ1v) is 5.42. The van der Waals surface area contributed by atoms with E-state index in [1.165, 1.54) is 6.20 Å². The third-order valence-electron chi connectivity index (χ3n) is 2.07. The van der Waals surface area contributed by atoms with Gasteiger partial charge in [-0.25, -0.2) is 8.78 Å². The fourth-order valence-corrected chi connectivity index (χ4v) is 1.18. The van der Waals surface area contributed by atoms with Crippen molar-refractivity contribution in [3.05, 3.63) is 29.6 Å². The third-order valence-corrected chi connectivity index (χ3v) is 2.07. The average Bonchev–Trinajstić information content (AvgIpc) is 2.38. The Morgan fingerprint density at radius 2 is 2.28 bits per heavy atom. The van der Waals surface area contributed by atoms with E-state index in [9.17, 15) is 13.6 Å². The molecule has 0 saturated carbocycles. The van der Waals surface area contributed by atoms with Crippen molar-refractivity contribution in [3.63, 3.8) is 0 Å². The number of amides is 1. The molecule has 18 heavy (non-hydrogen) atoms. The number of carbonyl (C=O) groups excluding carboxylic acids is 1. The van der Waals surface area contributed by atoms with Gasteiger partial charge >= 0.3 is 0 Å². The number of nitrogens with zero attached hydrogens (tertiary/aromatic N) is 1. The number of hydrogen-bond acceptors (Lipinski definition) is 4. The van der Waals surface area contributed by atoms with Crippen LogP contribution in [0.25, 0.3) is 0 Å². The quantitative estimate of drug-likeness (QED) is 0.701. The van der Waals surface area contributed by atoms with E-state index in [0.717, 1.165) is 5.56 Å². The number of nitrogens with two attached hydrogens (primary N) is 1. The second-order valence-electron chi connectivity index (χ2n) is 3.48. The van der Waals surface area contributed by atoms with Crippen LogP contribution < -0.4 is 11.1 Å². The van der Waals surface area contributed by atoms with Crippen LogP contribution in [0.15, 0.2) is 18.3 Å². The Morgan fingerprint density at radius 1 is 1.50 bits per heavy atom. The van der Waals surface area contributed by atoms with E-state index >= 15 is 0 Å². The van der Waals surface area contributed by atoms with Crippen LogP contribution in [0, 0.1) is 0 Å². The highest BCUT2D eigenvalue weighted by Gasteiger charge is 2.06. The van der Waals surface area contributed by atoms with Gasteiger partial charge in [0, 0.05) is 19.3 Å². The molecule has 100 valence electrons. The summed E-state index contributed by atoms with van der Waals surface area (Å²) in [6, 6.07) is 3.26. The van der Waals surface area contributed by atoms with Crippen molar-refractivity contribution in [2.45, 2.75) is 13.0 Å². The third kappa shape index (κ3) is 5.15. The van der Waals surface area contributed by atoms with E-state index in [1.54, 1.807) is 12.1 Å². The van der Waals surface area contributed by atoms with Gasteiger partial charge in [0.25, 0.3) is 12.3 Å². The van der Waals surface area contributed by atoms with Crippen LogP contribution in [0.2, 0.25) is 0 Å². The second kappa shape index (κ2) is 7.67. The molecule has 3 N–H and O–H groups in total. The van der Waals surface area contributed by atoms with E-state index in [2.05, 4.69) is 15.0 Å². The maximum absolute atomic E-state index is 11.7. The molecule has 0 radical (unpaired) electrons. The van der Waals surface area contributed by atoms with Gasteiger partial charge < -0.3 is 15.8 Å². The van der Waals surface area contributed by atoms with Gasteiger partial charge in [-0.05, 0) is 11.6 Å². The van der Waals surface area contributed by atoms with Gasteiger partial charge in [0.2, 0.25) is 0 Å². The molecule has 1 rings (SSSR count). The molecule has 0 bridgehead atoms. The first-order chi connectivity index (χ1) is 8.63. The Balaban J connectivity index is 2.27. The molecule has 1 amide bonds. The van der Waals surface area contributed by atoms with Crippen LogP contribution >= 0.6 is 0 Å². The van der Waals surface area contributed by atoms with Gasteiger partial charge in [0.05, 0.1) is 6.61 Å². The summed E-state index contributed by atoms with van der Waals surface area (Å²) in [6.07, 6.45) is -0.978. The van der Waals surface area contributed by atoms with Crippen molar-refractivity contribution < 1.29 is 18.3 Å². The van der Waals surface area contributed by atoms with E-state index in [1.807, 2.05) is 0 Å². The van der Waals surface area contributed by atoms with Gasteiger partial charge in [-0.3, -0.25) is 9.78 Å². The van der Waals surface area contributed by atoms with Gasteiger partial charge in [-0.1, -0.05) is 6.07 Å². The number of rotatable bonds is 7. The highest BCUT2D eigenvalue weighted by atomic mass is 19.3. The molecule has 1 aromatic heterocycles. The van der Waals surface area contributed by atoms with Crippen LogP contribution in [-0.2, 0) is 11.3 Å². The highest BCUT2D eigenvalue weighted by Crippen LogP contribution is 1.99. The Bertz CT molecular complexity index is 371. The summed E-state index contributed by atoms with van der Waals surface area (Å²) in [4.78, 5) is 15.5. The Hall–Kier alpha value is -1.60. The molecule has 0 aromatic carbocycles. The summed E-state index contributed by atoms with van der Waals surface area (Å²) < 4.78 is 28.1. The lowest BCUT2D eigenvalue weighted by Crippen LogP contribution is -2.28. The Kier molecular flexibility index (Phi) is 6.16. The molecule has 0 aliphatic carbocycles. The molecular weight excluding hydrogens is 244 g/mol. The van der Waals surface area contributed by atoms with Crippen molar-refractivity contribution in [3.8, 4) is 0 Å². The number of aromatic nitrogens is 1. The molecule has 0 unspecified atom stereocenters. The maximum atomic E-state index is 11.7. The molecule has 7 heteroatoms. The van der Waals surface area contributed by atoms with E-state index in [0.29, 0.717) is 6.54 Å². The van der Waals surface area contributed by atoms with Crippen molar-refractivity contribution in [1.29, 1.82) is 0 Å². The van der Waals surface area contributed by atoms with Crippen LogP contribution in [0.4, 0.5) is 8.78 Å². The van der Waals surface area contributed by atoms with Gasteiger partial charge in [0.15, 0.2) is 0 Å². The molecule has 0 aliphatic rings. The van der Waals surface area contributed by atoms with Gasteiger partial charge in [-0.15, -0.1) is 0 Å². The lowest BCUT2D eigenvalue weighted by atomic mass is 10.2. The van der Waals surface area contributed by atoms with E-state index in [4.69, 9.17) is 5.73 Å². The first kappa shape index (κ1) is 14.5. The van der Waals surface area contributed by atoms with Crippen LogP contribution in [-0.4, -0.2) is 37.1 Å². The minimum atomic E-state index is -2.49. The zero-order valence-corrected chi connectivity index (χ0v) is 9.73. The zero-order valence-electron chi connectivity index (χ0n) is 9.73. The normalized spacial score (nSPS) is 10.7. The number of alkyl halides is 2. The Labute approximate surface area is 103 Å². The van der Waals surface area contributed by atoms with E-state index < -0.39 is 13.0 Å². The molecule has 5 nitrogen and oxygen atoms in total. The monoisotopic (exact) mass is 259 g/mol. The summed E-state index contributed by atoms with van der Waals surface area (Å²) in [5, 5.41) is 2.51. The minimum Gasteiger partial charge on any atom is -0.374 e.